The van der Waals surface area contributed by atoms with Crippen LogP contribution in [0.1, 0.15) is 43.1 Å². The van der Waals surface area contributed by atoms with Crippen LogP contribution in [0.25, 0.3) is 10.8 Å². The number of Topliss-reactive ketones (excluding diaryl/α,β-unsaturated/α-hetero) is 1. The molecule has 142 valence electrons. The number of methoxy groups -OCH3 is 1. The van der Waals surface area contributed by atoms with Gasteiger partial charge in [0.1, 0.15) is 11.5 Å². The zero-order valence-corrected chi connectivity index (χ0v) is 15.6. The molecule has 0 N–H and O–H groups in total. The summed E-state index contributed by atoms with van der Waals surface area (Å²) in [5.41, 5.74) is 0.932. The Morgan fingerprint density at radius 2 is 1.56 bits per heavy atom. The topological polar surface area (TPSA) is 96.0 Å². The fourth-order valence-electron chi connectivity index (χ4n) is 2.67. The zero-order chi connectivity index (χ0) is 20.1. The molecule has 2 aromatic rings. The molecule has 0 aliphatic rings. The van der Waals surface area contributed by atoms with Crippen LogP contribution in [0.3, 0.4) is 0 Å². The minimum absolute atomic E-state index is 0.111. The van der Waals surface area contributed by atoms with E-state index in [4.69, 9.17) is 9.47 Å². The fourth-order valence-corrected chi connectivity index (χ4v) is 2.67. The summed E-state index contributed by atoms with van der Waals surface area (Å²) >= 11 is 0. The van der Waals surface area contributed by atoms with E-state index in [9.17, 15) is 19.2 Å². The smallest absolute Gasteiger partial charge is 0.308 e. The van der Waals surface area contributed by atoms with Crippen LogP contribution in [0.4, 0.5) is 0 Å². The average Bonchev–Trinajstić information content (AvgIpc) is 2.60. The van der Waals surface area contributed by atoms with Gasteiger partial charge in [-0.15, -0.1) is 0 Å². The molecular weight excluding hydrogens is 352 g/mol. The van der Waals surface area contributed by atoms with Crippen molar-refractivity contribution in [3.05, 3.63) is 35.4 Å². The number of hydrogen-bond donors (Lipinski definition) is 0. The molecule has 7 heteroatoms. The van der Waals surface area contributed by atoms with Gasteiger partial charge in [0.05, 0.1) is 12.7 Å². The molecule has 27 heavy (non-hydrogen) atoms. The first-order valence-electron chi connectivity index (χ1n) is 8.27. The number of benzene rings is 2. The Hall–Kier alpha value is -3.22. The third-order valence-corrected chi connectivity index (χ3v) is 3.84. The number of rotatable bonds is 6. The zero-order valence-electron chi connectivity index (χ0n) is 15.6. The van der Waals surface area contributed by atoms with Gasteiger partial charge in [-0.25, -0.2) is 0 Å². The highest BCUT2D eigenvalue weighted by molar-refractivity contribution is 6.07. The molecular formula is C20H20O7. The van der Waals surface area contributed by atoms with Crippen LogP contribution < -0.4 is 9.47 Å². The SMILES string of the molecule is COC(=O)CCc1ccc2c(OC(C)=O)c(C(C)=O)cc(OC(C)=O)c2c1. The average molecular weight is 372 g/mol. The first-order valence-corrected chi connectivity index (χ1v) is 8.27. The van der Waals surface area contributed by atoms with Gasteiger partial charge in [0.15, 0.2) is 5.78 Å². The van der Waals surface area contributed by atoms with Gasteiger partial charge in [0, 0.05) is 31.0 Å². The Balaban J connectivity index is 2.67. The van der Waals surface area contributed by atoms with E-state index in [2.05, 4.69) is 4.74 Å². The molecule has 2 aromatic carbocycles. The third kappa shape index (κ3) is 4.91. The summed E-state index contributed by atoms with van der Waals surface area (Å²) in [6.07, 6.45) is 0.604. The van der Waals surface area contributed by atoms with Crippen molar-refractivity contribution in [3.63, 3.8) is 0 Å². The molecule has 0 aromatic heterocycles. The number of ether oxygens (including phenoxy) is 3. The van der Waals surface area contributed by atoms with Crippen molar-refractivity contribution in [3.8, 4) is 11.5 Å². The quantitative estimate of drug-likeness (QED) is 0.437. The van der Waals surface area contributed by atoms with Gasteiger partial charge in [-0.3, -0.25) is 19.2 Å². The molecule has 7 nitrogen and oxygen atoms in total. The summed E-state index contributed by atoms with van der Waals surface area (Å²) in [7, 11) is 1.32. The monoisotopic (exact) mass is 372 g/mol. The molecule has 0 heterocycles. The van der Waals surface area contributed by atoms with Gasteiger partial charge in [-0.2, -0.15) is 0 Å². The van der Waals surface area contributed by atoms with Gasteiger partial charge in [-0.05, 0) is 31.0 Å². The molecule has 0 atom stereocenters. The van der Waals surface area contributed by atoms with Crippen molar-refractivity contribution < 1.29 is 33.4 Å². The lowest BCUT2D eigenvalue weighted by molar-refractivity contribution is -0.140. The summed E-state index contributed by atoms with van der Waals surface area (Å²) in [5, 5.41) is 0.949. The van der Waals surface area contributed by atoms with Crippen LogP contribution in [0, 0.1) is 0 Å². The summed E-state index contributed by atoms with van der Waals surface area (Å²) in [4.78, 5) is 46.4. The second kappa shape index (κ2) is 8.44. The molecule has 0 amide bonds. The molecule has 2 rings (SSSR count). The van der Waals surface area contributed by atoms with Crippen LogP contribution in [-0.2, 0) is 25.5 Å². The Morgan fingerprint density at radius 3 is 2.11 bits per heavy atom. The van der Waals surface area contributed by atoms with E-state index in [0.717, 1.165) is 5.56 Å². The molecule has 0 aliphatic heterocycles. The largest absolute Gasteiger partial charge is 0.469 e. The van der Waals surface area contributed by atoms with Crippen molar-refractivity contribution in [1.82, 2.24) is 0 Å². The second-order valence-corrected chi connectivity index (χ2v) is 5.95. The first kappa shape index (κ1) is 20.1. The minimum Gasteiger partial charge on any atom is -0.469 e. The van der Waals surface area contributed by atoms with Crippen molar-refractivity contribution in [2.75, 3.05) is 7.11 Å². The van der Waals surface area contributed by atoms with Crippen molar-refractivity contribution >= 4 is 34.5 Å². The van der Waals surface area contributed by atoms with Gasteiger partial charge in [0.2, 0.25) is 0 Å². The van der Waals surface area contributed by atoms with Crippen LogP contribution in [0.15, 0.2) is 24.3 Å². The lowest BCUT2D eigenvalue weighted by atomic mass is 9.98. The molecule has 0 saturated carbocycles. The molecule has 0 radical (unpaired) electrons. The Labute approximate surface area is 156 Å². The maximum Gasteiger partial charge on any atom is 0.308 e. The predicted octanol–water partition coefficient (Wildman–Crippen LogP) is 3.00. The normalized spacial score (nSPS) is 10.4. The van der Waals surface area contributed by atoms with E-state index in [1.54, 1.807) is 18.2 Å². The van der Waals surface area contributed by atoms with E-state index >= 15 is 0 Å². The first-order chi connectivity index (χ1) is 12.7. The standard InChI is InChI=1S/C20H20O7/c1-11(21)16-10-18(26-12(2)22)17-9-14(6-8-19(24)25-4)5-7-15(17)20(16)27-13(3)23/h5,7,9-10H,6,8H2,1-4H3. The highest BCUT2D eigenvalue weighted by Gasteiger charge is 2.20. The fraction of sp³-hybridized carbons (Fsp3) is 0.300. The maximum atomic E-state index is 12.0. The van der Waals surface area contributed by atoms with Crippen molar-refractivity contribution in [1.29, 1.82) is 0 Å². The molecule has 0 bridgehead atoms. The lowest BCUT2D eigenvalue weighted by Crippen LogP contribution is -2.09. The summed E-state index contributed by atoms with van der Waals surface area (Å²) in [6, 6.07) is 6.53. The van der Waals surface area contributed by atoms with E-state index in [-0.39, 0.29) is 35.2 Å². The summed E-state index contributed by atoms with van der Waals surface area (Å²) in [6.45, 7) is 3.82. The van der Waals surface area contributed by atoms with Crippen LogP contribution >= 0.6 is 0 Å². The minimum atomic E-state index is -0.575. The van der Waals surface area contributed by atoms with Crippen molar-refractivity contribution in [2.24, 2.45) is 0 Å². The molecule has 0 unspecified atom stereocenters. The van der Waals surface area contributed by atoms with E-state index in [1.165, 1.54) is 33.9 Å². The molecule has 0 aliphatic carbocycles. The van der Waals surface area contributed by atoms with Crippen LogP contribution in [0.5, 0.6) is 11.5 Å². The van der Waals surface area contributed by atoms with E-state index in [1.807, 2.05) is 0 Å². The van der Waals surface area contributed by atoms with Crippen molar-refractivity contribution in [2.45, 2.75) is 33.6 Å². The highest BCUT2D eigenvalue weighted by Crippen LogP contribution is 2.38. The number of esters is 3. The van der Waals surface area contributed by atoms with Crippen LogP contribution in [0.2, 0.25) is 0 Å². The van der Waals surface area contributed by atoms with E-state index in [0.29, 0.717) is 17.2 Å². The predicted molar refractivity (Wildman–Crippen MR) is 96.9 cm³/mol. The summed E-state index contributed by atoms with van der Waals surface area (Å²) in [5.74, 6) is -1.52. The Kier molecular flexibility index (Phi) is 6.28. The van der Waals surface area contributed by atoms with Crippen LogP contribution in [-0.4, -0.2) is 30.8 Å². The third-order valence-electron chi connectivity index (χ3n) is 3.84. The lowest BCUT2D eigenvalue weighted by Gasteiger charge is -2.15. The van der Waals surface area contributed by atoms with Gasteiger partial charge in [0.25, 0.3) is 0 Å². The number of hydrogen-bond acceptors (Lipinski definition) is 7. The number of carbonyl (C=O) groups is 4. The second-order valence-electron chi connectivity index (χ2n) is 5.95. The molecule has 0 saturated heterocycles. The number of aryl methyl sites for hydroxylation is 1. The Morgan fingerprint density at radius 1 is 0.889 bits per heavy atom. The van der Waals surface area contributed by atoms with Gasteiger partial charge >= 0.3 is 17.9 Å². The Bertz CT molecular complexity index is 928. The van der Waals surface area contributed by atoms with Gasteiger partial charge in [-0.1, -0.05) is 12.1 Å². The molecule has 0 fully saturated rings. The van der Waals surface area contributed by atoms with Gasteiger partial charge < -0.3 is 14.2 Å². The number of fused-ring (bicyclic) bond motifs is 1. The number of ketones is 1. The van der Waals surface area contributed by atoms with E-state index < -0.39 is 11.9 Å². The summed E-state index contributed by atoms with van der Waals surface area (Å²) < 4.78 is 15.2. The maximum absolute atomic E-state index is 12.0. The highest BCUT2D eigenvalue weighted by atomic mass is 16.5. The molecule has 0 spiro atoms. The number of carbonyl (C=O) groups excluding carboxylic acids is 4.